The first kappa shape index (κ1) is 9.83. The number of piperidine rings is 3. The number of rotatable bonds is 2. The Hall–Kier alpha value is -0.370. The van der Waals surface area contributed by atoms with E-state index in [1.807, 2.05) is 6.92 Å². The fraction of sp³-hybridized carbons (Fsp3) is 0.923. The summed E-state index contributed by atoms with van der Waals surface area (Å²) in [4.78, 5) is 14.5. The molecule has 3 heterocycles. The molecule has 15 heavy (non-hydrogen) atoms. The van der Waals surface area contributed by atoms with Crippen molar-refractivity contribution in [3.05, 3.63) is 0 Å². The number of carbonyl (C=O) groups excluding carboxylic acids is 1. The highest BCUT2D eigenvalue weighted by Gasteiger charge is 2.50. The third-order valence-electron chi connectivity index (χ3n) is 5.03. The number of hydrogen-bond acceptors (Lipinski definition) is 2. The van der Waals surface area contributed by atoms with Crippen LogP contribution in [0.4, 0.5) is 0 Å². The summed E-state index contributed by atoms with van der Waals surface area (Å²) >= 11 is 0. The van der Waals surface area contributed by atoms with Gasteiger partial charge in [0.05, 0.1) is 0 Å². The maximum absolute atomic E-state index is 11.9. The van der Waals surface area contributed by atoms with Crippen LogP contribution in [0.1, 0.15) is 39.0 Å². The number of nitrogens with zero attached hydrogens (tertiary/aromatic N) is 1. The number of fused-ring (bicyclic) bond motifs is 2. The maximum Gasteiger partial charge on any atom is 0.137 e. The van der Waals surface area contributed by atoms with E-state index in [2.05, 4.69) is 4.90 Å². The molecule has 0 amide bonds. The first-order valence-electron chi connectivity index (χ1n) is 6.58. The molecule has 0 N–H and O–H groups in total. The molecule has 3 unspecified atom stereocenters. The molecule has 0 spiro atoms. The Labute approximate surface area is 92.0 Å². The Morgan fingerprint density at radius 1 is 1.20 bits per heavy atom. The fourth-order valence-corrected chi connectivity index (χ4v) is 4.31. The van der Waals surface area contributed by atoms with Crippen LogP contribution in [0.15, 0.2) is 0 Å². The lowest BCUT2D eigenvalue weighted by Crippen LogP contribution is -2.55. The second kappa shape index (κ2) is 3.58. The van der Waals surface area contributed by atoms with E-state index in [0.717, 1.165) is 18.3 Å². The van der Waals surface area contributed by atoms with Crippen molar-refractivity contribution < 1.29 is 4.79 Å². The van der Waals surface area contributed by atoms with Crippen LogP contribution in [-0.2, 0) is 4.79 Å². The summed E-state index contributed by atoms with van der Waals surface area (Å²) < 4.78 is 0. The van der Waals surface area contributed by atoms with Crippen LogP contribution in [-0.4, -0.2) is 29.8 Å². The Kier molecular flexibility index (Phi) is 2.35. The van der Waals surface area contributed by atoms with E-state index in [9.17, 15) is 4.79 Å². The first-order valence-corrected chi connectivity index (χ1v) is 6.58. The number of carbonyl (C=O) groups is 1. The van der Waals surface area contributed by atoms with Crippen molar-refractivity contribution in [1.29, 1.82) is 0 Å². The van der Waals surface area contributed by atoms with Crippen LogP contribution in [0.3, 0.4) is 0 Å². The van der Waals surface area contributed by atoms with E-state index < -0.39 is 0 Å². The zero-order chi connectivity index (χ0) is 10.4. The van der Waals surface area contributed by atoms with Gasteiger partial charge in [-0.3, -0.25) is 9.69 Å². The summed E-state index contributed by atoms with van der Waals surface area (Å²) in [5.41, 5.74) is 0. The van der Waals surface area contributed by atoms with E-state index in [-0.39, 0.29) is 0 Å². The lowest BCUT2D eigenvalue weighted by molar-refractivity contribution is -0.126. The average Bonchev–Trinajstić information content (AvgIpc) is 2.76. The zero-order valence-electron chi connectivity index (χ0n) is 9.61. The molecule has 2 heteroatoms. The summed E-state index contributed by atoms with van der Waals surface area (Å²) in [6.45, 7) is 4.55. The predicted octanol–water partition coefficient (Wildman–Crippen LogP) is 2.09. The van der Waals surface area contributed by atoms with Crippen LogP contribution in [0.25, 0.3) is 0 Å². The molecule has 84 valence electrons. The minimum Gasteiger partial charge on any atom is -0.299 e. The van der Waals surface area contributed by atoms with Gasteiger partial charge in [0.15, 0.2) is 0 Å². The summed E-state index contributed by atoms with van der Waals surface area (Å²) in [6.07, 6.45) is 6.03. The predicted molar refractivity (Wildman–Crippen MR) is 59.6 cm³/mol. The Bertz CT molecular complexity index is 268. The largest absolute Gasteiger partial charge is 0.299 e. The smallest absolute Gasteiger partial charge is 0.137 e. The van der Waals surface area contributed by atoms with Crippen molar-refractivity contribution in [2.45, 2.75) is 45.1 Å². The molecule has 0 radical (unpaired) electrons. The summed E-state index contributed by atoms with van der Waals surface area (Å²) in [6, 6.07) is 0.643. The first-order chi connectivity index (χ1) is 7.31. The lowest BCUT2D eigenvalue weighted by Gasteiger charge is -2.50. The number of Topliss-reactive ketones (excluding diaryl/α,β-unsaturated/α-hetero) is 1. The summed E-state index contributed by atoms with van der Waals surface area (Å²) in [7, 11) is 0. The van der Waals surface area contributed by atoms with Gasteiger partial charge in [-0.2, -0.15) is 0 Å². The van der Waals surface area contributed by atoms with E-state index in [0.29, 0.717) is 17.7 Å². The van der Waals surface area contributed by atoms with Crippen LogP contribution < -0.4 is 0 Å². The molecule has 3 aliphatic heterocycles. The van der Waals surface area contributed by atoms with Gasteiger partial charge < -0.3 is 0 Å². The number of hydrogen-bond donors (Lipinski definition) is 0. The summed E-state index contributed by atoms with van der Waals surface area (Å²) in [5, 5.41) is 0. The highest BCUT2D eigenvalue weighted by atomic mass is 16.1. The minimum absolute atomic E-state index is 0.392. The molecule has 2 nitrogen and oxygen atoms in total. The molecular formula is C13H21NO. The van der Waals surface area contributed by atoms with Gasteiger partial charge in [0, 0.05) is 18.4 Å². The van der Waals surface area contributed by atoms with Gasteiger partial charge in [0.2, 0.25) is 0 Å². The number of ketones is 1. The van der Waals surface area contributed by atoms with Crippen LogP contribution >= 0.6 is 0 Å². The van der Waals surface area contributed by atoms with Crippen molar-refractivity contribution in [2.24, 2.45) is 17.8 Å². The van der Waals surface area contributed by atoms with Crippen LogP contribution in [0, 0.1) is 17.8 Å². The van der Waals surface area contributed by atoms with Crippen molar-refractivity contribution in [1.82, 2.24) is 4.90 Å². The van der Waals surface area contributed by atoms with Crippen molar-refractivity contribution in [2.75, 3.05) is 13.1 Å². The quantitative estimate of drug-likeness (QED) is 0.691. The van der Waals surface area contributed by atoms with Gasteiger partial charge in [-0.15, -0.1) is 0 Å². The van der Waals surface area contributed by atoms with Gasteiger partial charge in [-0.05, 0) is 50.6 Å². The van der Waals surface area contributed by atoms with E-state index in [1.165, 1.54) is 38.8 Å². The minimum atomic E-state index is 0.392. The molecule has 2 bridgehead atoms. The van der Waals surface area contributed by atoms with Gasteiger partial charge in [-0.1, -0.05) is 6.92 Å². The van der Waals surface area contributed by atoms with Crippen LogP contribution in [0.2, 0.25) is 0 Å². The molecule has 4 rings (SSSR count). The Balaban J connectivity index is 1.83. The van der Waals surface area contributed by atoms with Gasteiger partial charge in [-0.25, -0.2) is 0 Å². The molecule has 0 aromatic heterocycles. The fourth-order valence-electron chi connectivity index (χ4n) is 4.31. The molecule has 0 aromatic rings. The van der Waals surface area contributed by atoms with Crippen molar-refractivity contribution >= 4 is 5.78 Å². The van der Waals surface area contributed by atoms with Crippen molar-refractivity contribution in [3.8, 4) is 0 Å². The molecule has 3 saturated heterocycles. The Morgan fingerprint density at radius 3 is 2.60 bits per heavy atom. The topological polar surface area (TPSA) is 20.3 Å². The molecule has 4 fully saturated rings. The van der Waals surface area contributed by atoms with Gasteiger partial charge in [0.1, 0.15) is 5.78 Å². The Morgan fingerprint density at radius 2 is 1.93 bits per heavy atom. The third kappa shape index (κ3) is 1.37. The SMILES string of the molecule is CCC(=O)C1CCC2C3CCN(CC3)C12. The normalized spacial score (nSPS) is 47.9. The standard InChI is InChI=1S/C13H21NO/c1-2-12(15)11-4-3-10-9-5-7-14(8-6-9)13(10)11/h9-11,13H,2-8H2,1H3. The maximum atomic E-state index is 11.9. The summed E-state index contributed by atoms with van der Waals surface area (Å²) in [5.74, 6) is 2.74. The van der Waals surface area contributed by atoms with Crippen LogP contribution in [0.5, 0.6) is 0 Å². The lowest BCUT2D eigenvalue weighted by atomic mass is 9.73. The molecule has 4 aliphatic rings. The molecule has 3 atom stereocenters. The van der Waals surface area contributed by atoms with Gasteiger partial charge >= 0.3 is 0 Å². The van der Waals surface area contributed by atoms with Gasteiger partial charge in [0.25, 0.3) is 0 Å². The van der Waals surface area contributed by atoms with Crippen molar-refractivity contribution in [3.63, 3.8) is 0 Å². The molecule has 1 saturated carbocycles. The molecule has 0 aromatic carbocycles. The highest BCUT2D eigenvalue weighted by molar-refractivity contribution is 5.81. The zero-order valence-corrected chi connectivity index (χ0v) is 9.61. The average molecular weight is 207 g/mol. The second-order valence-corrected chi connectivity index (χ2v) is 5.53. The highest BCUT2D eigenvalue weighted by Crippen LogP contribution is 2.48. The molecular weight excluding hydrogens is 186 g/mol. The second-order valence-electron chi connectivity index (χ2n) is 5.53. The van der Waals surface area contributed by atoms with E-state index in [1.54, 1.807) is 0 Å². The monoisotopic (exact) mass is 207 g/mol. The van der Waals surface area contributed by atoms with E-state index >= 15 is 0 Å². The molecule has 1 aliphatic carbocycles. The third-order valence-corrected chi connectivity index (χ3v) is 5.03. The van der Waals surface area contributed by atoms with E-state index in [4.69, 9.17) is 0 Å².